The van der Waals surface area contributed by atoms with E-state index >= 15 is 0 Å². The molecule has 0 saturated carbocycles. The summed E-state index contributed by atoms with van der Waals surface area (Å²) in [6.07, 6.45) is 2.40. The molecule has 0 saturated heterocycles. The lowest BCUT2D eigenvalue weighted by atomic mass is 10.0. The number of nitrogens with zero attached hydrogens (tertiary/aromatic N) is 1. The van der Waals surface area contributed by atoms with Gasteiger partial charge >= 0.3 is 0 Å². The number of nitrogens with one attached hydrogen (secondary N) is 1. The second-order valence-corrected chi connectivity index (χ2v) is 5.30. The van der Waals surface area contributed by atoms with E-state index in [-0.39, 0.29) is 0 Å². The summed E-state index contributed by atoms with van der Waals surface area (Å²) >= 11 is 0. The Balaban J connectivity index is 2.82. The van der Waals surface area contributed by atoms with Crippen LogP contribution in [0.2, 0.25) is 0 Å². The van der Waals surface area contributed by atoms with Crippen LogP contribution in [0.3, 0.4) is 0 Å². The zero-order valence-corrected chi connectivity index (χ0v) is 13.6. The minimum atomic E-state index is 0.348. The van der Waals surface area contributed by atoms with Gasteiger partial charge in [-0.1, -0.05) is 32.9 Å². The lowest BCUT2D eigenvalue weighted by molar-refractivity contribution is 0.206. The van der Waals surface area contributed by atoms with Gasteiger partial charge in [-0.05, 0) is 44.1 Å². The number of methoxy groups -OCH3 is 1. The minimum absolute atomic E-state index is 0.348. The minimum Gasteiger partial charge on any atom is -0.497 e. The molecule has 1 rings (SSSR count). The van der Waals surface area contributed by atoms with Gasteiger partial charge in [0, 0.05) is 18.6 Å². The smallest absolute Gasteiger partial charge is 0.119 e. The lowest BCUT2D eigenvalue weighted by Gasteiger charge is -2.31. The van der Waals surface area contributed by atoms with Crippen molar-refractivity contribution in [2.24, 2.45) is 0 Å². The van der Waals surface area contributed by atoms with Crippen LogP contribution in [-0.2, 0) is 0 Å². The van der Waals surface area contributed by atoms with Crippen LogP contribution in [0.4, 0.5) is 0 Å². The van der Waals surface area contributed by atoms with Gasteiger partial charge in [0.05, 0.1) is 7.11 Å². The summed E-state index contributed by atoms with van der Waals surface area (Å²) in [7, 11) is 3.94. The van der Waals surface area contributed by atoms with Gasteiger partial charge in [-0.2, -0.15) is 0 Å². The quantitative estimate of drug-likeness (QED) is 0.748. The molecule has 3 nitrogen and oxygen atoms in total. The Labute approximate surface area is 124 Å². The third kappa shape index (κ3) is 4.80. The van der Waals surface area contributed by atoms with E-state index in [9.17, 15) is 0 Å². The maximum absolute atomic E-state index is 5.34. The van der Waals surface area contributed by atoms with Crippen LogP contribution in [0.25, 0.3) is 0 Å². The van der Waals surface area contributed by atoms with Crippen molar-refractivity contribution in [2.75, 3.05) is 27.2 Å². The molecule has 1 N–H and O–H groups in total. The number of ether oxygens (including phenoxy) is 1. The van der Waals surface area contributed by atoms with Gasteiger partial charge in [0.25, 0.3) is 0 Å². The van der Waals surface area contributed by atoms with Crippen molar-refractivity contribution in [1.29, 1.82) is 0 Å². The molecule has 1 aromatic rings. The van der Waals surface area contributed by atoms with E-state index in [2.05, 4.69) is 56.2 Å². The molecule has 20 heavy (non-hydrogen) atoms. The van der Waals surface area contributed by atoms with Gasteiger partial charge in [-0.3, -0.25) is 0 Å². The zero-order chi connectivity index (χ0) is 15.0. The molecule has 0 aromatic heterocycles. The summed E-state index contributed by atoms with van der Waals surface area (Å²) in [6, 6.07) is 9.37. The fourth-order valence-electron chi connectivity index (χ4n) is 2.74. The van der Waals surface area contributed by atoms with E-state index in [0.29, 0.717) is 12.1 Å². The van der Waals surface area contributed by atoms with Gasteiger partial charge in [-0.25, -0.2) is 0 Å². The predicted molar refractivity (Wildman–Crippen MR) is 86.4 cm³/mol. The second-order valence-electron chi connectivity index (χ2n) is 5.30. The van der Waals surface area contributed by atoms with E-state index < -0.39 is 0 Å². The molecule has 0 bridgehead atoms. The van der Waals surface area contributed by atoms with E-state index in [4.69, 9.17) is 4.74 Å². The molecule has 114 valence electrons. The fraction of sp³-hybridized carbons (Fsp3) is 0.647. The van der Waals surface area contributed by atoms with Crippen molar-refractivity contribution in [1.82, 2.24) is 10.2 Å². The van der Waals surface area contributed by atoms with Crippen LogP contribution < -0.4 is 10.1 Å². The summed E-state index contributed by atoms with van der Waals surface area (Å²) < 4.78 is 5.34. The first-order valence-corrected chi connectivity index (χ1v) is 7.73. The second kappa shape index (κ2) is 8.98. The Bertz CT molecular complexity index is 377. The molecule has 1 atom stereocenters. The molecule has 0 aliphatic rings. The van der Waals surface area contributed by atoms with Gasteiger partial charge in [-0.15, -0.1) is 0 Å². The molecule has 1 unspecified atom stereocenters. The first-order valence-electron chi connectivity index (χ1n) is 7.73. The summed E-state index contributed by atoms with van der Waals surface area (Å²) in [5.74, 6) is 0.926. The molecule has 0 amide bonds. The Morgan fingerprint density at radius 1 is 1.20 bits per heavy atom. The number of benzene rings is 1. The van der Waals surface area contributed by atoms with Gasteiger partial charge < -0.3 is 15.0 Å². The molecule has 0 radical (unpaired) electrons. The van der Waals surface area contributed by atoms with Crippen LogP contribution in [-0.4, -0.2) is 38.2 Å². The molecule has 3 heteroatoms. The van der Waals surface area contributed by atoms with E-state index in [1.165, 1.54) is 18.4 Å². The third-order valence-corrected chi connectivity index (χ3v) is 3.98. The zero-order valence-electron chi connectivity index (χ0n) is 13.6. The molecule has 0 heterocycles. The topological polar surface area (TPSA) is 24.5 Å². The Hall–Kier alpha value is -1.06. The molecule has 0 aliphatic carbocycles. The SMILES string of the molecule is CCNC(CN(C)C(CC)CC)c1cccc(OC)c1. The molecular weight excluding hydrogens is 248 g/mol. The predicted octanol–water partition coefficient (Wildman–Crippen LogP) is 3.47. The fourth-order valence-corrected chi connectivity index (χ4v) is 2.74. The number of hydrogen-bond donors (Lipinski definition) is 1. The van der Waals surface area contributed by atoms with Crippen molar-refractivity contribution in [3.05, 3.63) is 29.8 Å². The maximum Gasteiger partial charge on any atom is 0.119 e. The van der Waals surface area contributed by atoms with Crippen molar-refractivity contribution in [3.63, 3.8) is 0 Å². The van der Waals surface area contributed by atoms with Gasteiger partial charge in [0.1, 0.15) is 5.75 Å². The van der Waals surface area contributed by atoms with Crippen molar-refractivity contribution < 1.29 is 4.74 Å². The number of hydrogen-bond acceptors (Lipinski definition) is 3. The van der Waals surface area contributed by atoms with E-state index in [1.807, 2.05) is 6.07 Å². The summed E-state index contributed by atoms with van der Waals surface area (Å²) in [5.41, 5.74) is 1.30. The monoisotopic (exact) mass is 278 g/mol. The highest BCUT2D eigenvalue weighted by Gasteiger charge is 2.17. The summed E-state index contributed by atoms with van der Waals surface area (Å²) in [4.78, 5) is 2.47. The Morgan fingerprint density at radius 2 is 1.90 bits per heavy atom. The molecule has 0 fully saturated rings. The molecule has 0 spiro atoms. The average molecular weight is 278 g/mol. The van der Waals surface area contributed by atoms with E-state index in [0.717, 1.165) is 18.8 Å². The van der Waals surface area contributed by atoms with Crippen LogP contribution in [0.15, 0.2) is 24.3 Å². The van der Waals surface area contributed by atoms with Gasteiger partial charge in [0.2, 0.25) is 0 Å². The Morgan fingerprint density at radius 3 is 2.45 bits per heavy atom. The van der Waals surface area contributed by atoms with E-state index in [1.54, 1.807) is 7.11 Å². The van der Waals surface area contributed by atoms with Crippen LogP contribution in [0, 0.1) is 0 Å². The van der Waals surface area contributed by atoms with Crippen LogP contribution in [0.5, 0.6) is 5.75 Å². The highest BCUT2D eigenvalue weighted by molar-refractivity contribution is 5.30. The largest absolute Gasteiger partial charge is 0.497 e. The Kier molecular flexibility index (Phi) is 7.63. The van der Waals surface area contributed by atoms with Crippen molar-refractivity contribution in [3.8, 4) is 5.75 Å². The van der Waals surface area contributed by atoms with Crippen LogP contribution in [0.1, 0.15) is 45.2 Å². The third-order valence-electron chi connectivity index (χ3n) is 3.98. The number of likely N-dealkylation sites (N-methyl/N-ethyl adjacent to an activating group) is 2. The maximum atomic E-state index is 5.34. The molecular formula is C17H30N2O. The van der Waals surface area contributed by atoms with Crippen molar-refractivity contribution in [2.45, 2.75) is 45.7 Å². The summed E-state index contributed by atoms with van der Waals surface area (Å²) in [6.45, 7) is 8.67. The first-order chi connectivity index (χ1) is 9.65. The number of rotatable bonds is 9. The first kappa shape index (κ1) is 17.0. The summed E-state index contributed by atoms with van der Waals surface area (Å²) in [5, 5.41) is 3.59. The highest BCUT2D eigenvalue weighted by Crippen LogP contribution is 2.21. The van der Waals surface area contributed by atoms with Crippen molar-refractivity contribution >= 4 is 0 Å². The standard InChI is InChI=1S/C17H30N2O/c1-6-15(7-2)19(4)13-17(18-8-3)14-10-9-11-16(12-14)20-5/h9-12,15,17-18H,6-8,13H2,1-5H3. The normalized spacial score (nSPS) is 12.9. The molecule has 1 aromatic carbocycles. The average Bonchev–Trinajstić information content (AvgIpc) is 2.48. The highest BCUT2D eigenvalue weighted by atomic mass is 16.5. The van der Waals surface area contributed by atoms with Gasteiger partial charge in [0.15, 0.2) is 0 Å². The van der Waals surface area contributed by atoms with Crippen LogP contribution >= 0.6 is 0 Å². The molecule has 0 aliphatic heterocycles. The lowest BCUT2D eigenvalue weighted by Crippen LogP contribution is -2.38.